The number of nitrogens with zero attached hydrogens (tertiary/aromatic N) is 4. The second-order valence-electron chi connectivity index (χ2n) is 5.77. The molecule has 0 spiro atoms. The van der Waals surface area contributed by atoms with E-state index in [1.807, 2.05) is 46.9 Å². The van der Waals surface area contributed by atoms with Crippen LogP contribution in [0.15, 0.2) is 42.5 Å². The van der Waals surface area contributed by atoms with E-state index in [0.717, 1.165) is 46.0 Å². The molecule has 0 atom stereocenters. The van der Waals surface area contributed by atoms with Gasteiger partial charge in [0.1, 0.15) is 5.82 Å². The SMILES string of the molecule is CCc1nnc2c3ccccc3nc(Nc3ccc4c(c3)OCO4)n12. The Bertz CT molecular complexity index is 1110. The zero-order valence-corrected chi connectivity index (χ0v) is 13.6. The van der Waals surface area contributed by atoms with Crippen LogP contribution in [0.25, 0.3) is 16.6 Å². The van der Waals surface area contributed by atoms with Gasteiger partial charge in [-0.3, -0.25) is 0 Å². The van der Waals surface area contributed by atoms with Crippen LogP contribution in [-0.2, 0) is 6.42 Å². The zero-order chi connectivity index (χ0) is 16.8. The Morgan fingerprint density at radius 2 is 1.96 bits per heavy atom. The van der Waals surface area contributed by atoms with E-state index in [2.05, 4.69) is 22.4 Å². The molecule has 0 unspecified atom stereocenters. The van der Waals surface area contributed by atoms with Gasteiger partial charge in [0.15, 0.2) is 17.1 Å². The minimum absolute atomic E-state index is 0.253. The number of anilines is 2. The van der Waals surface area contributed by atoms with Gasteiger partial charge in [0, 0.05) is 23.6 Å². The van der Waals surface area contributed by atoms with Crippen LogP contribution in [-0.4, -0.2) is 26.4 Å². The Hall–Kier alpha value is -3.35. The van der Waals surface area contributed by atoms with Crippen molar-refractivity contribution in [3.63, 3.8) is 0 Å². The van der Waals surface area contributed by atoms with Gasteiger partial charge in [0.2, 0.25) is 12.7 Å². The highest BCUT2D eigenvalue weighted by Crippen LogP contribution is 2.35. The van der Waals surface area contributed by atoms with Crippen molar-refractivity contribution in [1.29, 1.82) is 0 Å². The maximum Gasteiger partial charge on any atom is 0.231 e. The van der Waals surface area contributed by atoms with Crippen molar-refractivity contribution >= 4 is 28.2 Å². The first-order valence-corrected chi connectivity index (χ1v) is 8.13. The van der Waals surface area contributed by atoms with Crippen molar-refractivity contribution in [3.05, 3.63) is 48.3 Å². The fourth-order valence-electron chi connectivity index (χ4n) is 3.05. The number of fused-ring (bicyclic) bond motifs is 4. The molecule has 1 N–H and O–H groups in total. The number of hydrogen-bond donors (Lipinski definition) is 1. The maximum absolute atomic E-state index is 5.45. The first-order valence-electron chi connectivity index (χ1n) is 8.13. The van der Waals surface area contributed by atoms with Gasteiger partial charge < -0.3 is 14.8 Å². The number of rotatable bonds is 3. The van der Waals surface area contributed by atoms with Gasteiger partial charge in [-0.2, -0.15) is 0 Å². The molecule has 4 aromatic rings. The maximum atomic E-state index is 5.45. The summed E-state index contributed by atoms with van der Waals surface area (Å²) in [6.45, 7) is 2.30. The summed E-state index contributed by atoms with van der Waals surface area (Å²) >= 11 is 0. The summed E-state index contributed by atoms with van der Waals surface area (Å²) in [6, 6.07) is 13.7. The average Bonchev–Trinajstić information content (AvgIpc) is 3.28. The third-order valence-corrected chi connectivity index (χ3v) is 4.26. The van der Waals surface area contributed by atoms with Crippen LogP contribution in [0.3, 0.4) is 0 Å². The number of benzene rings is 2. The lowest BCUT2D eigenvalue weighted by atomic mass is 10.2. The normalized spacial score (nSPS) is 12.8. The standard InChI is InChI=1S/C18H15N5O2/c1-2-16-21-22-17-12-5-3-4-6-13(12)20-18(23(16)17)19-11-7-8-14-15(9-11)25-10-24-14/h3-9H,2,10H2,1H3,(H,19,20). The Balaban J connectivity index is 1.69. The quantitative estimate of drug-likeness (QED) is 0.620. The van der Waals surface area contributed by atoms with Crippen molar-refractivity contribution in [2.45, 2.75) is 13.3 Å². The number of para-hydroxylation sites is 1. The van der Waals surface area contributed by atoms with Gasteiger partial charge in [-0.05, 0) is 24.3 Å². The monoisotopic (exact) mass is 333 g/mol. The van der Waals surface area contributed by atoms with Crippen LogP contribution in [0.5, 0.6) is 11.5 Å². The van der Waals surface area contributed by atoms with Crippen LogP contribution >= 0.6 is 0 Å². The number of aryl methyl sites for hydroxylation is 1. The van der Waals surface area contributed by atoms with Crippen molar-refractivity contribution in [1.82, 2.24) is 19.6 Å². The summed E-state index contributed by atoms with van der Waals surface area (Å²) in [5.41, 5.74) is 2.53. The Morgan fingerprint density at radius 3 is 2.88 bits per heavy atom. The molecule has 0 fully saturated rings. The van der Waals surface area contributed by atoms with Crippen LogP contribution in [0.1, 0.15) is 12.7 Å². The van der Waals surface area contributed by atoms with E-state index < -0.39 is 0 Å². The van der Waals surface area contributed by atoms with Gasteiger partial charge in [-0.15, -0.1) is 10.2 Å². The Labute approximate surface area is 143 Å². The number of ether oxygens (including phenoxy) is 2. The van der Waals surface area contributed by atoms with Crippen LogP contribution in [0, 0.1) is 0 Å². The van der Waals surface area contributed by atoms with Gasteiger partial charge in [-0.1, -0.05) is 19.1 Å². The summed E-state index contributed by atoms with van der Waals surface area (Å²) in [6.07, 6.45) is 0.761. The Morgan fingerprint density at radius 1 is 1.08 bits per heavy atom. The van der Waals surface area contributed by atoms with E-state index in [4.69, 9.17) is 14.5 Å². The van der Waals surface area contributed by atoms with E-state index >= 15 is 0 Å². The molecule has 3 heterocycles. The average molecular weight is 333 g/mol. The van der Waals surface area contributed by atoms with Crippen LogP contribution in [0.2, 0.25) is 0 Å². The molecule has 2 aromatic carbocycles. The molecule has 0 bridgehead atoms. The number of hydrogen-bond acceptors (Lipinski definition) is 6. The molecule has 0 saturated heterocycles. The van der Waals surface area contributed by atoms with Crippen molar-refractivity contribution in [2.24, 2.45) is 0 Å². The first-order chi connectivity index (χ1) is 12.3. The molecule has 7 nitrogen and oxygen atoms in total. The molecule has 0 amide bonds. The molecular weight excluding hydrogens is 318 g/mol. The lowest BCUT2D eigenvalue weighted by Gasteiger charge is -2.11. The molecule has 124 valence electrons. The molecule has 0 radical (unpaired) electrons. The summed E-state index contributed by atoms with van der Waals surface area (Å²) in [4.78, 5) is 4.77. The summed E-state index contributed by atoms with van der Waals surface area (Å²) in [5, 5.41) is 13.0. The Kier molecular flexibility index (Phi) is 3.00. The van der Waals surface area contributed by atoms with E-state index in [0.29, 0.717) is 5.95 Å². The molecular formula is C18H15N5O2. The van der Waals surface area contributed by atoms with E-state index in [1.54, 1.807) is 0 Å². The largest absolute Gasteiger partial charge is 0.454 e. The highest BCUT2D eigenvalue weighted by Gasteiger charge is 2.16. The lowest BCUT2D eigenvalue weighted by molar-refractivity contribution is 0.174. The van der Waals surface area contributed by atoms with Crippen LogP contribution < -0.4 is 14.8 Å². The molecule has 0 saturated carbocycles. The molecule has 0 aliphatic carbocycles. The third kappa shape index (κ3) is 2.16. The van der Waals surface area contributed by atoms with Gasteiger partial charge in [0.25, 0.3) is 0 Å². The molecule has 1 aliphatic rings. The minimum atomic E-state index is 0.253. The van der Waals surface area contributed by atoms with E-state index in [9.17, 15) is 0 Å². The lowest BCUT2D eigenvalue weighted by Crippen LogP contribution is -2.05. The predicted octanol–water partition coefficient (Wildman–Crippen LogP) is 3.31. The second kappa shape index (κ2) is 5.34. The van der Waals surface area contributed by atoms with Gasteiger partial charge in [-0.25, -0.2) is 9.38 Å². The van der Waals surface area contributed by atoms with E-state index in [1.165, 1.54) is 0 Å². The molecule has 2 aromatic heterocycles. The first kappa shape index (κ1) is 14.0. The van der Waals surface area contributed by atoms with Crippen molar-refractivity contribution in [2.75, 3.05) is 12.1 Å². The summed E-state index contributed by atoms with van der Waals surface area (Å²) in [5.74, 6) is 3.01. The predicted molar refractivity (Wildman–Crippen MR) is 93.5 cm³/mol. The third-order valence-electron chi connectivity index (χ3n) is 4.26. The molecule has 5 rings (SSSR count). The fourth-order valence-corrected chi connectivity index (χ4v) is 3.05. The van der Waals surface area contributed by atoms with Crippen LogP contribution in [0.4, 0.5) is 11.6 Å². The minimum Gasteiger partial charge on any atom is -0.454 e. The number of nitrogens with one attached hydrogen (secondary N) is 1. The summed E-state index contributed by atoms with van der Waals surface area (Å²) < 4.78 is 12.8. The molecule has 25 heavy (non-hydrogen) atoms. The highest BCUT2D eigenvalue weighted by molar-refractivity contribution is 5.92. The molecule has 1 aliphatic heterocycles. The number of aromatic nitrogens is 4. The zero-order valence-electron chi connectivity index (χ0n) is 13.6. The van der Waals surface area contributed by atoms with Crippen molar-refractivity contribution in [3.8, 4) is 11.5 Å². The topological polar surface area (TPSA) is 73.6 Å². The van der Waals surface area contributed by atoms with E-state index in [-0.39, 0.29) is 6.79 Å². The molecule has 7 heteroatoms. The van der Waals surface area contributed by atoms with Gasteiger partial charge in [0.05, 0.1) is 5.52 Å². The fraction of sp³-hybridized carbons (Fsp3) is 0.167. The van der Waals surface area contributed by atoms with Crippen molar-refractivity contribution < 1.29 is 9.47 Å². The second-order valence-corrected chi connectivity index (χ2v) is 5.77. The summed E-state index contributed by atoms with van der Waals surface area (Å²) in [7, 11) is 0. The smallest absolute Gasteiger partial charge is 0.231 e. The highest BCUT2D eigenvalue weighted by atomic mass is 16.7. The van der Waals surface area contributed by atoms with Gasteiger partial charge >= 0.3 is 0 Å².